The fourth-order valence-corrected chi connectivity index (χ4v) is 3.27. The first kappa shape index (κ1) is 16.2. The number of rotatable bonds is 5. The minimum atomic E-state index is 0.311. The second-order valence-corrected chi connectivity index (χ2v) is 6.24. The lowest BCUT2D eigenvalue weighted by atomic mass is 10.0. The van der Waals surface area contributed by atoms with Gasteiger partial charge in [0.15, 0.2) is 0 Å². The van der Waals surface area contributed by atoms with E-state index in [-0.39, 0.29) is 0 Å². The molecule has 1 fully saturated rings. The van der Waals surface area contributed by atoms with Crippen LogP contribution in [0.15, 0.2) is 54.6 Å². The molecule has 0 amide bonds. The van der Waals surface area contributed by atoms with E-state index in [1.165, 1.54) is 16.7 Å². The van der Waals surface area contributed by atoms with Crippen LogP contribution in [-0.4, -0.2) is 31.3 Å². The molecule has 23 heavy (non-hydrogen) atoms. The number of methoxy groups -OCH3 is 1. The van der Waals surface area contributed by atoms with Gasteiger partial charge in [0.1, 0.15) is 0 Å². The van der Waals surface area contributed by atoms with Crippen molar-refractivity contribution in [2.45, 2.75) is 32.2 Å². The Labute approximate surface area is 138 Å². The number of ether oxygens (including phenoxy) is 2. The van der Waals surface area contributed by atoms with Crippen molar-refractivity contribution in [2.75, 3.05) is 20.3 Å². The van der Waals surface area contributed by atoms with E-state index in [1.54, 1.807) is 7.11 Å². The predicted molar refractivity (Wildman–Crippen MR) is 92.2 cm³/mol. The molecule has 122 valence electrons. The molecule has 0 unspecified atom stereocenters. The molecule has 0 spiro atoms. The molecule has 0 aromatic heterocycles. The van der Waals surface area contributed by atoms with Crippen LogP contribution >= 0.6 is 0 Å². The smallest absolute Gasteiger partial charge is 0.0713 e. The highest BCUT2D eigenvalue weighted by Crippen LogP contribution is 2.29. The molecule has 3 rings (SSSR count). The number of hydrogen-bond acceptors (Lipinski definition) is 3. The average Bonchev–Trinajstić information content (AvgIpc) is 2.58. The molecule has 1 saturated heterocycles. The van der Waals surface area contributed by atoms with Crippen molar-refractivity contribution in [3.8, 4) is 0 Å². The molecule has 0 N–H and O–H groups in total. The van der Waals surface area contributed by atoms with Crippen LogP contribution < -0.4 is 0 Å². The quantitative estimate of drug-likeness (QED) is 0.838. The van der Waals surface area contributed by atoms with Crippen molar-refractivity contribution in [3.63, 3.8) is 0 Å². The molecule has 1 aliphatic heterocycles. The normalized spacial score (nSPS) is 22.2. The van der Waals surface area contributed by atoms with E-state index in [0.29, 0.717) is 18.7 Å². The number of hydrogen-bond donors (Lipinski definition) is 0. The molecule has 3 nitrogen and oxygen atoms in total. The summed E-state index contributed by atoms with van der Waals surface area (Å²) in [5.41, 5.74) is 3.88. The Kier molecular flexibility index (Phi) is 5.44. The maximum Gasteiger partial charge on any atom is 0.0713 e. The van der Waals surface area contributed by atoms with Crippen LogP contribution in [-0.2, 0) is 22.6 Å². The first-order valence-electron chi connectivity index (χ1n) is 8.23. The first-order valence-corrected chi connectivity index (χ1v) is 8.23. The van der Waals surface area contributed by atoms with Crippen LogP contribution in [0.4, 0.5) is 0 Å². The minimum absolute atomic E-state index is 0.311. The third-order valence-corrected chi connectivity index (χ3v) is 4.45. The summed E-state index contributed by atoms with van der Waals surface area (Å²) < 4.78 is 11.1. The van der Waals surface area contributed by atoms with E-state index >= 15 is 0 Å². The van der Waals surface area contributed by atoms with Crippen LogP contribution in [0.3, 0.4) is 0 Å². The summed E-state index contributed by atoms with van der Waals surface area (Å²) >= 11 is 0. The van der Waals surface area contributed by atoms with Crippen molar-refractivity contribution in [2.24, 2.45) is 0 Å². The summed E-state index contributed by atoms with van der Waals surface area (Å²) in [5, 5.41) is 0. The Hall–Kier alpha value is -1.68. The molecule has 1 heterocycles. The Morgan fingerprint density at radius 1 is 1.04 bits per heavy atom. The summed E-state index contributed by atoms with van der Waals surface area (Å²) in [7, 11) is 1.74. The van der Waals surface area contributed by atoms with Gasteiger partial charge in [-0.15, -0.1) is 0 Å². The van der Waals surface area contributed by atoms with Crippen LogP contribution in [0, 0.1) is 0 Å². The molecule has 1 aliphatic rings. The standard InChI is InChI=1S/C20H25NO2/c1-16-13-23-15-20(19-9-4-3-5-10-19)21(16)12-17-7-6-8-18(11-17)14-22-2/h3-11,16,20H,12-15H2,1-2H3/t16-,20-/m0/s1. The second-order valence-electron chi connectivity index (χ2n) is 6.24. The van der Waals surface area contributed by atoms with Gasteiger partial charge in [-0.25, -0.2) is 0 Å². The van der Waals surface area contributed by atoms with Crippen molar-refractivity contribution < 1.29 is 9.47 Å². The first-order chi connectivity index (χ1) is 11.3. The van der Waals surface area contributed by atoms with Crippen molar-refractivity contribution in [1.29, 1.82) is 0 Å². The second kappa shape index (κ2) is 7.73. The van der Waals surface area contributed by atoms with Gasteiger partial charge in [-0.05, 0) is 23.6 Å². The van der Waals surface area contributed by atoms with Crippen LogP contribution in [0.2, 0.25) is 0 Å². The fraction of sp³-hybridized carbons (Fsp3) is 0.400. The van der Waals surface area contributed by atoms with E-state index in [4.69, 9.17) is 9.47 Å². The molecule has 3 heteroatoms. The van der Waals surface area contributed by atoms with E-state index in [9.17, 15) is 0 Å². The van der Waals surface area contributed by atoms with Crippen LogP contribution in [0.5, 0.6) is 0 Å². The molecule has 0 bridgehead atoms. The van der Waals surface area contributed by atoms with Crippen LogP contribution in [0.25, 0.3) is 0 Å². The van der Waals surface area contributed by atoms with Crippen molar-refractivity contribution in [3.05, 3.63) is 71.3 Å². The van der Waals surface area contributed by atoms with E-state index in [1.807, 2.05) is 0 Å². The maximum absolute atomic E-state index is 5.82. The lowest BCUT2D eigenvalue weighted by molar-refractivity contribution is -0.0490. The molecule has 0 aliphatic carbocycles. The fourth-order valence-electron chi connectivity index (χ4n) is 3.27. The zero-order valence-corrected chi connectivity index (χ0v) is 13.9. The number of morpholine rings is 1. The highest BCUT2D eigenvalue weighted by Gasteiger charge is 2.29. The van der Waals surface area contributed by atoms with Crippen molar-refractivity contribution in [1.82, 2.24) is 4.90 Å². The van der Waals surface area contributed by atoms with Crippen LogP contribution in [0.1, 0.15) is 29.7 Å². The van der Waals surface area contributed by atoms with Gasteiger partial charge in [0.2, 0.25) is 0 Å². The Morgan fingerprint density at radius 3 is 2.61 bits per heavy atom. The molecule has 2 atom stereocenters. The molecule has 0 saturated carbocycles. The molecule has 0 radical (unpaired) electrons. The lowest BCUT2D eigenvalue weighted by Gasteiger charge is -2.40. The SMILES string of the molecule is COCc1cccc(CN2[C@@H](C)COC[C@H]2c2ccccc2)c1. The predicted octanol–water partition coefficient (Wildman–Crippen LogP) is 3.80. The van der Waals surface area contributed by atoms with Gasteiger partial charge < -0.3 is 9.47 Å². The topological polar surface area (TPSA) is 21.7 Å². The molecular weight excluding hydrogens is 286 g/mol. The van der Waals surface area contributed by atoms with Gasteiger partial charge in [-0.1, -0.05) is 54.6 Å². The third kappa shape index (κ3) is 3.99. The average molecular weight is 311 g/mol. The van der Waals surface area contributed by atoms with Gasteiger partial charge in [-0.2, -0.15) is 0 Å². The highest BCUT2D eigenvalue weighted by molar-refractivity contribution is 5.25. The van der Waals surface area contributed by atoms with Gasteiger partial charge in [0.25, 0.3) is 0 Å². The Morgan fingerprint density at radius 2 is 1.83 bits per heavy atom. The molecule has 2 aromatic rings. The van der Waals surface area contributed by atoms with E-state index < -0.39 is 0 Å². The van der Waals surface area contributed by atoms with Gasteiger partial charge in [0, 0.05) is 19.7 Å². The lowest BCUT2D eigenvalue weighted by Crippen LogP contribution is -2.45. The number of benzene rings is 2. The zero-order valence-electron chi connectivity index (χ0n) is 13.9. The monoisotopic (exact) mass is 311 g/mol. The van der Waals surface area contributed by atoms with Gasteiger partial charge >= 0.3 is 0 Å². The number of nitrogens with zero attached hydrogens (tertiary/aromatic N) is 1. The van der Waals surface area contributed by atoms with Crippen molar-refractivity contribution >= 4 is 0 Å². The maximum atomic E-state index is 5.82. The Balaban J connectivity index is 1.81. The molecular formula is C20H25NO2. The minimum Gasteiger partial charge on any atom is -0.380 e. The van der Waals surface area contributed by atoms with E-state index in [0.717, 1.165) is 19.8 Å². The summed E-state index contributed by atoms with van der Waals surface area (Å²) in [6.07, 6.45) is 0. The zero-order chi connectivity index (χ0) is 16.1. The summed E-state index contributed by atoms with van der Waals surface area (Å²) in [5.74, 6) is 0. The van der Waals surface area contributed by atoms with Gasteiger partial charge in [0.05, 0.1) is 25.9 Å². The molecule has 2 aromatic carbocycles. The van der Waals surface area contributed by atoms with E-state index in [2.05, 4.69) is 66.4 Å². The Bertz CT molecular complexity index is 614. The highest BCUT2D eigenvalue weighted by atomic mass is 16.5. The summed E-state index contributed by atoms with van der Waals surface area (Å²) in [4.78, 5) is 2.55. The third-order valence-electron chi connectivity index (χ3n) is 4.45. The largest absolute Gasteiger partial charge is 0.380 e. The summed E-state index contributed by atoms with van der Waals surface area (Å²) in [6, 6.07) is 20.0. The summed E-state index contributed by atoms with van der Waals surface area (Å²) in [6.45, 7) is 5.39. The van der Waals surface area contributed by atoms with Gasteiger partial charge in [-0.3, -0.25) is 4.90 Å².